The molecule has 4 nitrogen and oxygen atoms in total. The second-order valence-electron chi connectivity index (χ2n) is 4.17. The topological polar surface area (TPSA) is 41.9 Å². The number of halogens is 1. The molecule has 0 spiro atoms. The Morgan fingerprint density at radius 2 is 2.16 bits per heavy atom. The summed E-state index contributed by atoms with van der Waals surface area (Å²) in [7, 11) is 1.91. The van der Waals surface area contributed by atoms with Gasteiger partial charge in [0.2, 0.25) is 0 Å². The first kappa shape index (κ1) is 12.0. The van der Waals surface area contributed by atoms with Crippen molar-refractivity contribution in [1.29, 1.82) is 0 Å². The van der Waals surface area contributed by atoms with Crippen LogP contribution >= 0.6 is 11.3 Å². The lowest BCUT2D eigenvalue weighted by Gasteiger charge is -2.18. The van der Waals surface area contributed by atoms with Gasteiger partial charge < -0.3 is 4.90 Å². The van der Waals surface area contributed by atoms with Gasteiger partial charge in [0.15, 0.2) is 0 Å². The Morgan fingerprint density at radius 3 is 2.95 bits per heavy atom. The van der Waals surface area contributed by atoms with Crippen LogP contribution in [0.25, 0.3) is 10.9 Å². The van der Waals surface area contributed by atoms with E-state index in [9.17, 15) is 4.39 Å². The lowest BCUT2D eigenvalue weighted by molar-refractivity contribution is 0.636. The smallest absolute Gasteiger partial charge is 0.149 e. The highest BCUT2D eigenvalue weighted by atomic mass is 32.1. The first-order valence-corrected chi connectivity index (χ1v) is 6.67. The van der Waals surface area contributed by atoms with E-state index in [0.717, 1.165) is 5.69 Å². The van der Waals surface area contributed by atoms with Gasteiger partial charge in [-0.25, -0.2) is 19.3 Å². The molecule has 0 aliphatic carbocycles. The van der Waals surface area contributed by atoms with Crippen molar-refractivity contribution in [1.82, 2.24) is 15.0 Å². The van der Waals surface area contributed by atoms with Gasteiger partial charge in [-0.05, 0) is 12.1 Å². The summed E-state index contributed by atoms with van der Waals surface area (Å²) in [5.41, 5.74) is 3.11. The van der Waals surface area contributed by atoms with Crippen molar-refractivity contribution in [2.75, 3.05) is 11.9 Å². The van der Waals surface area contributed by atoms with E-state index in [0.29, 0.717) is 23.3 Å². The van der Waals surface area contributed by atoms with Crippen LogP contribution in [0.5, 0.6) is 0 Å². The second kappa shape index (κ2) is 4.89. The van der Waals surface area contributed by atoms with Crippen molar-refractivity contribution in [3.8, 4) is 0 Å². The zero-order chi connectivity index (χ0) is 13.2. The van der Waals surface area contributed by atoms with Gasteiger partial charge in [-0.15, -0.1) is 11.3 Å². The zero-order valence-corrected chi connectivity index (χ0v) is 11.1. The van der Waals surface area contributed by atoms with Gasteiger partial charge in [0.25, 0.3) is 0 Å². The van der Waals surface area contributed by atoms with Gasteiger partial charge in [-0.2, -0.15) is 0 Å². The summed E-state index contributed by atoms with van der Waals surface area (Å²) in [6, 6.07) is 4.89. The molecule has 6 heteroatoms. The summed E-state index contributed by atoms with van der Waals surface area (Å²) in [6.45, 7) is 0.631. The number of para-hydroxylation sites is 1. The monoisotopic (exact) mass is 274 g/mol. The molecule has 0 radical (unpaired) electrons. The van der Waals surface area contributed by atoms with E-state index < -0.39 is 0 Å². The van der Waals surface area contributed by atoms with E-state index in [1.807, 2.05) is 23.4 Å². The number of thiazole rings is 1. The molecular formula is C13H11FN4S. The summed E-state index contributed by atoms with van der Waals surface area (Å²) in [6.07, 6.45) is 1.39. The minimum atomic E-state index is -0.330. The van der Waals surface area contributed by atoms with E-state index in [-0.39, 0.29) is 5.82 Å². The van der Waals surface area contributed by atoms with Crippen molar-refractivity contribution in [2.45, 2.75) is 6.54 Å². The highest BCUT2D eigenvalue weighted by Crippen LogP contribution is 2.24. The van der Waals surface area contributed by atoms with E-state index in [1.165, 1.54) is 12.4 Å². The Kier molecular flexibility index (Phi) is 3.08. The maximum atomic E-state index is 13.7. The quantitative estimate of drug-likeness (QED) is 0.736. The Labute approximate surface area is 113 Å². The van der Waals surface area contributed by atoms with Crippen LogP contribution in [0.4, 0.5) is 10.2 Å². The fourth-order valence-corrected chi connectivity index (χ4v) is 2.53. The predicted molar refractivity (Wildman–Crippen MR) is 73.7 cm³/mol. The molecule has 2 aromatic heterocycles. The van der Waals surface area contributed by atoms with Crippen molar-refractivity contribution in [2.24, 2.45) is 0 Å². The third-order valence-electron chi connectivity index (χ3n) is 2.84. The van der Waals surface area contributed by atoms with Crippen LogP contribution in [-0.2, 0) is 6.54 Å². The first-order chi connectivity index (χ1) is 9.25. The van der Waals surface area contributed by atoms with E-state index in [1.54, 1.807) is 22.9 Å². The Bertz CT molecular complexity index is 699. The van der Waals surface area contributed by atoms with Gasteiger partial charge in [0.1, 0.15) is 23.5 Å². The van der Waals surface area contributed by atoms with Gasteiger partial charge >= 0.3 is 0 Å². The molecular weight excluding hydrogens is 263 g/mol. The van der Waals surface area contributed by atoms with Gasteiger partial charge in [0.05, 0.1) is 17.7 Å². The van der Waals surface area contributed by atoms with Crippen molar-refractivity contribution in [3.05, 3.63) is 46.9 Å². The summed E-state index contributed by atoms with van der Waals surface area (Å²) in [5.74, 6) is 0.376. The average molecular weight is 274 g/mol. The molecule has 0 aliphatic heterocycles. The van der Waals surface area contributed by atoms with Crippen LogP contribution in [-0.4, -0.2) is 22.0 Å². The standard InChI is InChI=1S/C13H11FN4S/c1-18(5-9-6-19-8-17-9)13-10-3-2-4-11(14)12(10)15-7-16-13/h2-4,6-8H,5H2,1H3. The van der Waals surface area contributed by atoms with Crippen molar-refractivity contribution in [3.63, 3.8) is 0 Å². The molecule has 3 rings (SSSR count). The number of rotatable bonds is 3. The molecule has 0 unspecified atom stereocenters. The Morgan fingerprint density at radius 1 is 1.26 bits per heavy atom. The highest BCUT2D eigenvalue weighted by molar-refractivity contribution is 7.07. The number of nitrogens with zero attached hydrogens (tertiary/aromatic N) is 4. The summed E-state index contributed by atoms with van der Waals surface area (Å²) in [4.78, 5) is 14.4. The molecule has 0 fully saturated rings. The Hall–Kier alpha value is -2.08. The van der Waals surface area contributed by atoms with Gasteiger partial charge in [-0.1, -0.05) is 6.07 Å². The molecule has 0 amide bonds. The Balaban J connectivity index is 2.02. The van der Waals surface area contributed by atoms with E-state index in [4.69, 9.17) is 0 Å². The van der Waals surface area contributed by atoms with E-state index >= 15 is 0 Å². The third-order valence-corrected chi connectivity index (χ3v) is 3.47. The van der Waals surface area contributed by atoms with Crippen LogP contribution in [0.15, 0.2) is 35.4 Å². The molecule has 2 heterocycles. The summed E-state index contributed by atoms with van der Waals surface area (Å²) >= 11 is 1.55. The molecule has 3 aromatic rings. The average Bonchev–Trinajstić information content (AvgIpc) is 2.91. The fourth-order valence-electron chi connectivity index (χ4n) is 1.98. The largest absolute Gasteiger partial charge is 0.353 e. The normalized spacial score (nSPS) is 10.8. The molecule has 1 aromatic carbocycles. The number of aromatic nitrogens is 3. The first-order valence-electron chi connectivity index (χ1n) is 5.73. The predicted octanol–water partition coefficient (Wildman–Crippen LogP) is 2.86. The molecule has 0 aliphatic rings. The van der Waals surface area contributed by atoms with Crippen molar-refractivity contribution < 1.29 is 4.39 Å². The minimum Gasteiger partial charge on any atom is -0.353 e. The molecule has 19 heavy (non-hydrogen) atoms. The third kappa shape index (κ3) is 2.26. The summed E-state index contributed by atoms with van der Waals surface area (Å²) < 4.78 is 13.7. The van der Waals surface area contributed by atoms with E-state index in [2.05, 4.69) is 15.0 Å². The maximum Gasteiger partial charge on any atom is 0.149 e. The highest BCUT2D eigenvalue weighted by Gasteiger charge is 2.11. The molecule has 0 saturated carbocycles. The second-order valence-corrected chi connectivity index (χ2v) is 4.89. The number of hydrogen-bond acceptors (Lipinski definition) is 5. The molecule has 0 bridgehead atoms. The number of benzene rings is 1. The van der Waals surface area contributed by atoms with Gasteiger partial charge in [0, 0.05) is 17.8 Å². The van der Waals surface area contributed by atoms with Crippen LogP contribution in [0.1, 0.15) is 5.69 Å². The molecule has 96 valence electrons. The minimum absolute atomic E-state index is 0.330. The maximum absolute atomic E-state index is 13.7. The van der Waals surface area contributed by atoms with Crippen molar-refractivity contribution >= 4 is 28.1 Å². The number of fused-ring (bicyclic) bond motifs is 1. The lowest BCUT2D eigenvalue weighted by atomic mass is 10.2. The molecule has 0 atom stereocenters. The van der Waals surface area contributed by atoms with Crippen LogP contribution in [0.2, 0.25) is 0 Å². The fraction of sp³-hybridized carbons (Fsp3) is 0.154. The lowest BCUT2D eigenvalue weighted by Crippen LogP contribution is -2.18. The van der Waals surface area contributed by atoms with Crippen LogP contribution in [0.3, 0.4) is 0 Å². The zero-order valence-electron chi connectivity index (χ0n) is 10.2. The molecule has 0 N–H and O–H groups in total. The molecule has 0 saturated heterocycles. The van der Waals surface area contributed by atoms with Gasteiger partial charge in [-0.3, -0.25) is 0 Å². The van der Waals surface area contributed by atoms with Crippen LogP contribution in [0, 0.1) is 5.82 Å². The summed E-state index contributed by atoms with van der Waals surface area (Å²) in [5, 5.41) is 2.70. The number of hydrogen-bond donors (Lipinski definition) is 0. The SMILES string of the molecule is CN(Cc1cscn1)c1ncnc2c(F)cccc12. The van der Waals surface area contributed by atoms with Crippen LogP contribution < -0.4 is 4.90 Å². The number of anilines is 1.